The van der Waals surface area contributed by atoms with E-state index >= 15 is 0 Å². The lowest BCUT2D eigenvalue weighted by Gasteiger charge is -2.20. The molecule has 150 valence electrons. The van der Waals surface area contributed by atoms with Crippen LogP contribution in [0.1, 0.15) is 22.9 Å². The maximum Gasteiger partial charge on any atom is 0.234 e. The maximum absolute atomic E-state index is 13.6. The Labute approximate surface area is 170 Å². The molecular weight excluding hydrogens is 367 g/mol. The number of carbonyl (C=O) groups excluding carboxylic acids is 1. The van der Waals surface area contributed by atoms with Gasteiger partial charge in [-0.2, -0.15) is 0 Å². The van der Waals surface area contributed by atoms with Gasteiger partial charge >= 0.3 is 0 Å². The van der Waals surface area contributed by atoms with Gasteiger partial charge in [0, 0.05) is 6.54 Å². The molecular formula is C24H25FN2O2. The number of rotatable bonds is 10. The van der Waals surface area contributed by atoms with Crippen molar-refractivity contribution in [2.24, 2.45) is 0 Å². The van der Waals surface area contributed by atoms with Crippen LogP contribution in [0.4, 0.5) is 4.39 Å². The summed E-state index contributed by atoms with van der Waals surface area (Å²) in [6.07, 6.45) is 0.0408. The molecule has 0 spiro atoms. The molecule has 0 aliphatic rings. The Morgan fingerprint density at radius 2 is 1.55 bits per heavy atom. The van der Waals surface area contributed by atoms with Crippen LogP contribution in [0.25, 0.3) is 0 Å². The van der Waals surface area contributed by atoms with Crippen molar-refractivity contribution in [2.75, 3.05) is 13.1 Å². The van der Waals surface area contributed by atoms with Gasteiger partial charge in [0.15, 0.2) is 0 Å². The lowest BCUT2D eigenvalue weighted by atomic mass is 10.1. The lowest BCUT2D eigenvalue weighted by molar-refractivity contribution is -0.121. The minimum absolute atomic E-state index is 0.103. The molecule has 3 aromatic carbocycles. The van der Waals surface area contributed by atoms with E-state index < -0.39 is 6.23 Å². The molecule has 0 heterocycles. The van der Waals surface area contributed by atoms with E-state index in [9.17, 15) is 9.18 Å². The summed E-state index contributed by atoms with van der Waals surface area (Å²) < 4.78 is 19.7. The van der Waals surface area contributed by atoms with Crippen LogP contribution >= 0.6 is 0 Å². The third kappa shape index (κ3) is 6.82. The fourth-order valence-corrected chi connectivity index (χ4v) is 2.94. The van der Waals surface area contributed by atoms with Crippen LogP contribution in [-0.2, 0) is 22.6 Å². The molecule has 3 aromatic rings. The van der Waals surface area contributed by atoms with E-state index in [4.69, 9.17) is 4.74 Å². The molecule has 5 heteroatoms. The van der Waals surface area contributed by atoms with Crippen molar-refractivity contribution in [2.45, 2.75) is 19.3 Å². The Bertz CT molecular complexity index is 888. The Hall–Kier alpha value is -3.02. The maximum atomic E-state index is 13.6. The molecule has 0 saturated carbocycles. The molecule has 0 aliphatic carbocycles. The first kappa shape index (κ1) is 20.7. The third-order valence-corrected chi connectivity index (χ3v) is 4.48. The first-order valence-electron chi connectivity index (χ1n) is 9.66. The lowest BCUT2D eigenvalue weighted by Crippen LogP contribution is -2.37. The highest BCUT2D eigenvalue weighted by Crippen LogP contribution is 2.16. The summed E-state index contributed by atoms with van der Waals surface area (Å²) in [7, 11) is 0. The van der Waals surface area contributed by atoms with E-state index in [1.165, 1.54) is 6.07 Å². The number of hydrogen-bond acceptors (Lipinski definition) is 3. The summed E-state index contributed by atoms with van der Waals surface area (Å²) in [4.78, 5) is 12.2. The SMILES string of the molecule is O=C(CNC(OCc1ccccc1)c1ccccc1)NCCc1ccccc1F. The summed E-state index contributed by atoms with van der Waals surface area (Å²) in [6.45, 7) is 0.913. The van der Waals surface area contributed by atoms with Gasteiger partial charge in [0.25, 0.3) is 0 Å². The van der Waals surface area contributed by atoms with Gasteiger partial charge in [-0.1, -0.05) is 78.9 Å². The summed E-state index contributed by atoms with van der Waals surface area (Å²) in [5.41, 5.74) is 2.60. The van der Waals surface area contributed by atoms with E-state index in [-0.39, 0.29) is 18.3 Å². The quantitative estimate of drug-likeness (QED) is 0.513. The Balaban J connectivity index is 1.49. The number of amides is 1. The van der Waals surface area contributed by atoms with E-state index in [0.29, 0.717) is 25.1 Å². The van der Waals surface area contributed by atoms with Crippen LogP contribution in [-0.4, -0.2) is 19.0 Å². The molecule has 0 saturated heterocycles. The second-order valence-corrected chi connectivity index (χ2v) is 6.66. The molecule has 0 aromatic heterocycles. The van der Waals surface area contributed by atoms with E-state index in [1.807, 2.05) is 60.7 Å². The average Bonchev–Trinajstić information content (AvgIpc) is 2.76. The van der Waals surface area contributed by atoms with Crippen molar-refractivity contribution in [3.05, 3.63) is 107 Å². The first-order valence-corrected chi connectivity index (χ1v) is 9.66. The number of hydrogen-bond donors (Lipinski definition) is 2. The zero-order chi connectivity index (χ0) is 20.3. The minimum atomic E-state index is -0.409. The van der Waals surface area contributed by atoms with Gasteiger partial charge in [0.1, 0.15) is 12.0 Å². The van der Waals surface area contributed by atoms with Crippen LogP contribution in [0.5, 0.6) is 0 Å². The van der Waals surface area contributed by atoms with Crippen molar-refractivity contribution in [1.29, 1.82) is 0 Å². The van der Waals surface area contributed by atoms with Gasteiger partial charge in [0.05, 0.1) is 13.2 Å². The van der Waals surface area contributed by atoms with Crippen molar-refractivity contribution < 1.29 is 13.9 Å². The fourth-order valence-electron chi connectivity index (χ4n) is 2.94. The van der Waals surface area contributed by atoms with Crippen molar-refractivity contribution in [1.82, 2.24) is 10.6 Å². The smallest absolute Gasteiger partial charge is 0.234 e. The predicted octanol–water partition coefficient (Wildman–Crippen LogP) is 3.99. The largest absolute Gasteiger partial charge is 0.355 e. The highest BCUT2D eigenvalue weighted by molar-refractivity contribution is 5.78. The molecule has 4 nitrogen and oxygen atoms in total. The molecule has 0 bridgehead atoms. The molecule has 1 amide bonds. The average molecular weight is 392 g/mol. The van der Waals surface area contributed by atoms with Crippen molar-refractivity contribution >= 4 is 5.91 Å². The summed E-state index contributed by atoms with van der Waals surface area (Å²) in [5.74, 6) is -0.413. The number of carbonyl (C=O) groups is 1. The van der Waals surface area contributed by atoms with Gasteiger partial charge in [-0.05, 0) is 29.2 Å². The standard InChI is InChI=1S/C24H25FN2O2/c25-22-14-8-7-11-20(22)15-16-26-23(28)17-27-24(21-12-5-2-6-13-21)29-18-19-9-3-1-4-10-19/h1-14,24,27H,15-18H2,(H,26,28). The fraction of sp³-hybridized carbons (Fsp3) is 0.208. The molecule has 3 rings (SSSR count). The van der Waals surface area contributed by atoms with Crippen LogP contribution in [0.2, 0.25) is 0 Å². The summed E-state index contributed by atoms with van der Waals surface area (Å²) in [5, 5.41) is 5.97. The van der Waals surface area contributed by atoms with Crippen LogP contribution < -0.4 is 10.6 Å². The highest BCUT2D eigenvalue weighted by atomic mass is 19.1. The zero-order valence-electron chi connectivity index (χ0n) is 16.2. The number of nitrogens with one attached hydrogen (secondary N) is 2. The topological polar surface area (TPSA) is 50.4 Å². The number of halogens is 1. The van der Waals surface area contributed by atoms with Gasteiger partial charge in [-0.15, -0.1) is 0 Å². The molecule has 0 fully saturated rings. The van der Waals surface area contributed by atoms with Gasteiger partial charge in [-0.25, -0.2) is 4.39 Å². The monoisotopic (exact) mass is 392 g/mol. The molecule has 1 atom stereocenters. The van der Waals surface area contributed by atoms with Gasteiger partial charge in [-0.3, -0.25) is 10.1 Å². The Kier molecular flexibility index (Phi) is 7.92. The first-order chi connectivity index (χ1) is 14.2. The zero-order valence-corrected chi connectivity index (χ0v) is 16.2. The number of ether oxygens (including phenoxy) is 1. The van der Waals surface area contributed by atoms with Crippen molar-refractivity contribution in [3.8, 4) is 0 Å². The van der Waals surface area contributed by atoms with Crippen molar-refractivity contribution in [3.63, 3.8) is 0 Å². The molecule has 2 N–H and O–H groups in total. The van der Waals surface area contributed by atoms with Gasteiger partial charge in [0.2, 0.25) is 5.91 Å². The highest BCUT2D eigenvalue weighted by Gasteiger charge is 2.13. The second-order valence-electron chi connectivity index (χ2n) is 6.66. The Morgan fingerprint density at radius 3 is 2.28 bits per heavy atom. The van der Waals surface area contributed by atoms with E-state index in [0.717, 1.165) is 11.1 Å². The third-order valence-electron chi connectivity index (χ3n) is 4.48. The normalized spacial score (nSPS) is 11.8. The van der Waals surface area contributed by atoms with E-state index in [2.05, 4.69) is 10.6 Å². The molecule has 0 aliphatic heterocycles. The molecule has 29 heavy (non-hydrogen) atoms. The van der Waals surface area contributed by atoms with Crippen LogP contribution in [0, 0.1) is 5.82 Å². The predicted molar refractivity (Wildman–Crippen MR) is 112 cm³/mol. The summed E-state index contributed by atoms with van der Waals surface area (Å²) >= 11 is 0. The number of benzene rings is 3. The molecule has 1 unspecified atom stereocenters. The van der Waals surface area contributed by atoms with Crippen LogP contribution in [0.15, 0.2) is 84.9 Å². The minimum Gasteiger partial charge on any atom is -0.355 e. The van der Waals surface area contributed by atoms with Crippen LogP contribution in [0.3, 0.4) is 0 Å². The summed E-state index contributed by atoms with van der Waals surface area (Å²) in [6, 6.07) is 26.2. The van der Waals surface area contributed by atoms with E-state index in [1.54, 1.807) is 18.2 Å². The second kappa shape index (κ2) is 11.1. The molecule has 0 radical (unpaired) electrons. The Morgan fingerprint density at radius 1 is 0.897 bits per heavy atom. The van der Waals surface area contributed by atoms with Gasteiger partial charge < -0.3 is 10.1 Å².